The normalized spacial score (nSPS) is 15.0. The molecule has 1 N–H and O–H groups in total. The summed E-state index contributed by atoms with van der Waals surface area (Å²) in [5, 5.41) is 2.16. The van der Waals surface area contributed by atoms with Crippen LogP contribution in [0.4, 0.5) is 18.9 Å². The van der Waals surface area contributed by atoms with Crippen LogP contribution in [0, 0.1) is 0 Å². The summed E-state index contributed by atoms with van der Waals surface area (Å²) in [5.74, 6) is -0.956. The number of imide groups is 1. The minimum atomic E-state index is -4.34. The Morgan fingerprint density at radius 3 is 2.39 bits per heavy atom. The Bertz CT molecular complexity index is 526. The molecule has 7 heteroatoms. The van der Waals surface area contributed by atoms with Gasteiger partial charge in [-0.05, 0) is 18.2 Å². The fourth-order valence-corrected chi connectivity index (χ4v) is 1.67. The highest BCUT2D eigenvalue weighted by molar-refractivity contribution is 6.21. The Morgan fingerprint density at radius 1 is 1.17 bits per heavy atom. The Kier molecular flexibility index (Phi) is 2.76. The van der Waals surface area contributed by atoms with Crippen LogP contribution in [0.1, 0.15) is 20.7 Å². The van der Waals surface area contributed by atoms with E-state index in [0.717, 1.165) is 4.90 Å². The fraction of sp³-hybridized carbons (Fsp3) is 0.273. The highest BCUT2D eigenvalue weighted by Gasteiger charge is 2.33. The number of rotatable bonds is 2. The maximum absolute atomic E-state index is 12.0. The molecule has 1 aliphatic rings. The molecule has 4 nitrogen and oxygen atoms in total. The van der Waals surface area contributed by atoms with Crippen LogP contribution in [-0.2, 0) is 0 Å². The average Bonchev–Trinajstić information content (AvgIpc) is 2.51. The molecule has 0 bridgehead atoms. The second-order valence-electron chi connectivity index (χ2n) is 3.90. The second kappa shape index (κ2) is 4.01. The molecule has 0 atom stereocenters. The average molecular weight is 258 g/mol. The summed E-state index contributed by atoms with van der Waals surface area (Å²) in [5.41, 5.74) is 0.484. The number of anilines is 1. The molecule has 0 fully saturated rings. The molecule has 0 spiro atoms. The lowest BCUT2D eigenvalue weighted by atomic mass is 10.1. The Morgan fingerprint density at radius 2 is 1.78 bits per heavy atom. The van der Waals surface area contributed by atoms with E-state index in [1.54, 1.807) is 0 Å². The third kappa shape index (κ3) is 2.15. The molecule has 0 radical (unpaired) electrons. The summed E-state index contributed by atoms with van der Waals surface area (Å²) in [7, 11) is 1.33. The molecule has 2 rings (SSSR count). The molecule has 0 aromatic heterocycles. The van der Waals surface area contributed by atoms with E-state index < -0.39 is 24.5 Å². The Labute approximate surface area is 100 Å². The van der Waals surface area contributed by atoms with Gasteiger partial charge in [0.25, 0.3) is 11.8 Å². The van der Waals surface area contributed by atoms with Crippen LogP contribution in [0.25, 0.3) is 0 Å². The first kappa shape index (κ1) is 12.4. The topological polar surface area (TPSA) is 49.4 Å². The molecule has 1 aromatic rings. The Hall–Kier alpha value is -2.05. The van der Waals surface area contributed by atoms with Crippen molar-refractivity contribution in [1.82, 2.24) is 4.90 Å². The van der Waals surface area contributed by atoms with Crippen molar-refractivity contribution in [1.29, 1.82) is 0 Å². The number of fused-ring (bicyclic) bond motifs is 1. The van der Waals surface area contributed by atoms with Crippen molar-refractivity contribution in [3.05, 3.63) is 29.3 Å². The molecular weight excluding hydrogens is 249 g/mol. The first-order valence-electron chi connectivity index (χ1n) is 5.06. The fourth-order valence-electron chi connectivity index (χ4n) is 1.67. The summed E-state index contributed by atoms with van der Waals surface area (Å²) in [6.45, 7) is -1.19. The van der Waals surface area contributed by atoms with Crippen LogP contribution in [0.3, 0.4) is 0 Å². The van der Waals surface area contributed by atoms with Gasteiger partial charge in [-0.3, -0.25) is 14.5 Å². The van der Waals surface area contributed by atoms with Crippen molar-refractivity contribution in [2.24, 2.45) is 0 Å². The van der Waals surface area contributed by atoms with Gasteiger partial charge < -0.3 is 5.32 Å². The number of hydrogen-bond donors (Lipinski definition) is 1. The van der Waals surface area contributed by atoms with E-state index in [0.29, 0.717) is 0 Å². The highest BCUT2D eigenvalue weighted by atomic mass is 19.4. The minimum Gasteiger partial charge on any atom is -0.376 e. The molecule has 0 aliphatic carbocycles. The maximum atomic E-state index is 12.0. The SMILES string of the molecule is CN1C(=O)c2ccc(NCC(F)(F)F)cc2C1=O. The van der Waals surface area contributed by atoms with Crippen molar-refractivity contribution in [3.8, 4) is 0 Å². The largest absolute Gasteiger partial charge is 0.405 e. The number of carbonyl (C=O) groups excluding carboxylic acids is 2. The van der Waals surface area contributed by atoms with E-state index in [1.807, 2.05) is 0 Å². The number of nitrogens with one attached hydrogen (secondary N) is 1. The van der Waals surface area contributed by atoms with Crippen molar-refractivity contribution in [2.75, 3.05) is 18.9 Å². The summed E-state index contributed by atoms with van der Waals surface area (Å²) in [6, 6.07) is 3.94. The van der Waals surface area contributed by atoms with E-state index in [4.69, 9.17) is 0 Å². The molecule has 0 saturated carbocycles. The second-order valence-corrected chi connectivity index (χ2v) is 3.90. The quantitative estimate of drug-likeness (QED) is 0.824. The van der Waals surface area contributed by atoms with Crippen LogP contribution in [0.2, 0.25) is 0 Å². The summed E-state index contributed by atoms with van der Waals surface area (Å²) in [6.07, 6.45) is -4.34. The first-order valence-corrected chi connectivity index (χ1v) is 5.06. The van der Waals surface area contributed by atoms with Gasteiger partial charge in [-0.25, -0.2) is 0 Å². The number of alkyl halides is 3. The van der Waals surface area contributed by atoms with E-state index >= 15 is 0 Å². The number of nitrogens with zero attached hydrogens (tertiary/aromatic N) is 1. The summed E-state index contributed by atoms with van der Waals surface area (Å²) in [4.78, 5) is 24.1. The lowest BCUT2D eigenvalue weighted by Crippen LogP contribution is -2.24. The van der Waals surface area contributed by atoms with E-state index in [1.165, 1.54) is 25.2 Å². The van der Waals surface area contributed by atoms with E-state index in [2.05, 4.69) is 5.32 Å². The van der Waals surface area contributed by atoms with Gasteiger partial charge in [0.1, 0.15) is 6.54 Å². The lowest BCUT2D eigenvalue weighted by Gasteiger charge is -2.09. The molecular formula is C11H9F3N2O2. The Balaban J connectivity index is 2.24. The molecule has 96 valence electrons. The smallest absolute Gasteiger partial charge is 0.376 e. The minimum absolute atomic E-state index is 0.120. The number of halogens is 3. The number of carbonyl (C=O) groups is 2. The molecule has 18 heavy (non-hydrogen) atoms. The number of benzene rings is 1. The molecule has 1 aromatic carbocycles. The van der Waals surface area contributed by atoms with Gasteiger partial charge >= 0.3 is 6.18 Å². The standard InChI is InChI=1S/C11H9F3N2O2/c1-16-9(17)7-3-2-6(4-8(7)10(16)18)15-5-11(12,13)14/h2-4,15H,5H2,1H3. The molecule has 0 saturated heterocycles. The zero-order valence-electron chi connectivity index (χ0n) is 9.34. The summed E-state index contributed by atoms with van der Waals surface area (Å²) >= 11 is 0. The molecule has 2 amide bonds. The van der Waals surface area contributed by atoms with Crippen LogP contribution < -0.4 is 5.32 Å². The van der Waals surface area contributed by atoms with Crippen molar-refractivity contribution in [2.45, 2.75) is 6.18 Å². The van der Waals surface area contributed by atoms with Gasteiger partial charge in [0.15, 0.2) is 0 Å². The molecule has 1 aliphatic heterocycles. The molecule has 0 unspecified atom stereocenters. The number of hydrogen-bond acceptors (Lipinski definition) is 3. The zero-order valence-corrected chi connectivity index (χ0v) is 9.34. The third-order valence-electron chi connectivity index (χ3n) is 2.58. The third-order valence-corrected chi connectivity index (χ3v) is 2.58. The first-order chi connectivity index (χ1) is 8.29. The maximum Gasteiger partial charge on any atom is 0.405 e. The predicted molar refractivity (Wildman–Crippen MR) is 57.4 cm³/mol. The predicted octanol–water partition coefficient (Wildman–Crippen LogP) is 1.89. The van der Waals surface area contributed by atoms with Crippen LogP contribution in [0.15, 0.2) is 18.2 Å². The van der Waals surface area contributed by atoms with Gasteiger partial charge in [0.2, 0.25) is 0 Å². The lowest BCUT2D eigenvalue weighted by molar-refractivity contribution is -0.115. The van der Waals surface area contributed by atoms with Gasteiger partial charge in [0.05, 0.1) is 11.1 Å². The van der Waals surface area contributed by atoms with Crippen LogP contribution >= 0.6 is 0 Å². The molecule has 1 heterocycles. The van der Waals surface area contributed by atoms with E-state index in [-0.39, 0.29) is 16.8 Å². The monoisotopic (exact) mass is 258 g/mol. The number of amides is 2. The van der Waals surface area contributed by atoms with Crippen molar-refractivity contribution in [3.63, 3.8) is 0 Å². The van der Waals surface area contributed by atoms with E-state index in [9.17, 15) is 22.8 Å². The zero-order chi connectivity index (χ0) is 13.5. The highest BCUT2D eigenvalue weighted by Crippen LogP contribution is 2.25. The van der Waals surface area contributed by atoms with Gasteiger partial charge in [0, 0.05) is 12.7 Å². The van der Waals surface area contributed by atoms with Gasteiger partial charge in [-0.1, -0.05) is 0 Å². The van der Waals surface area contributed by atoms with Gasteiger partial charge in [-0.2, -0.15) is 13.2 Å². The summed E-state index contributed by atoms with van der Waals surface area (Å²) < 4.78 is 36.1. The van der Waals surface area contributed by atoms with Gasteiger partial charge in [-0.15, -0.1) is 0 Å². The van der Waals surface area contributed by atoms with Crippen molar-refractivity contribution >= 4 is 17.5 Å². The van der Waals surface area contributed by atoms with Crippen molar-refractivity contribution < 1.29 is 22.8 Å². The van der Waals surface area contributed by atoms with Crippen LogP contribution in [-0.4, -0.2) is 36.5 Å². The van der Waals surface area contributed by atoms with Crippen LogP contribution in [0.5, 0.6) is 0 Å².